The molecule has 2 rings (SSSR count). The molecule has 0 aliphatic rings. The number of methoxy groups -OCH3 is 1. The molecule has 26 heavy (non-hydrogen) atoms. The molecule has 7 nitrogen and oxygen atoms in total. The molecule has 1 amide bonds. The maximum atomic E-state index is 12.4. The van der Waals surface area contributed by atoms with E-state index < -0.39 is 22.0 Å². The number of amides is 1. The van der Waals surface area contributed by atoms with Crippen molar-refractivity contribution in [3.8, 4) is 5.75 Å². The van der Waals surface area contributed by atoms with Crippen LogP contribution in [0.2, 0.25) is 0 Å². The van der Waals surface area contributed by atoms with Gasteiger partial charge in [-0.3, -0.25) is 9.10 Å². The number of sulfonamides is 1. The number of hydrazone groups is 1. The van der Waals surface area contributed by atoms with Gasteiger partial charge in [-0.2, -0.15) is 5.10 Å². The van der Waals surface area contributed by atoms with Gasteiger partial charge in [0.25, 0.3) is 5.91 Å². The average Bonchev–Trinajstić information content (AvgIpc) is 2.99. The van der Waals surface area contributed by atoms with Gasteiger partial charge in [-0.05, 0) is 55.1 Å². The molecule has 0 aliphatic carbocycles. The van der Waals surface area contributed by atoms with Crippen LogP contribution in [0.3, 0.4) is 0 Å². The smallest absolute Gasteiger partial charge is 0.263 e. The average molecular weight is 396 g/mol. The SMILES string of the molecule is COc1ccc(N([C@H](C)C(=O)N/N=C\c2sccc2C)S(C)(=O)=O)cc1. The maximum Gasteiger partial charge on any atom is 0.263 e. The Labute approximate surface area is 157 Å². The molecule has 2 aromatic rings. The van der Waals surface area contributed by atoms with Gasteiger partial charge in [0.1, 0.15) is 11.8 Å². The van der Waals surface area contributed by atoms with Crippen molar-refractivity contribution in [1.29, 1.82) is 0 Å². The zero-order chi connectivity index (χ0) is 19.3. The first-order valence-corrected chi connectivity index (χ1v) is 10.5. The van der Waals surface area contributed by atoms with Crippen LogP contribution >= 0.6 is 11.3 Å². The van der Waals surface area contributed by atoms with Crippen LogP contribution in [-0.4, -0.2) is 39.9 Å². The lowest BCUT2D eigenvalue weighted by atomic mass is 10.2. The Kier molecular flexibility index (Phi) is 6.38. The molecule has 1 aromatic heterocycles. The van der Waals surface area contributed by atoms with E-state index in [0.29, 0.717) is 11.4 Å². The number of nitrogens with one attached hydrogen (secondary N) is 1. The zero-order valence-corrected chi connectivity index (χ0v) is 16.6. The van der Waals surface area contributed by atoms with Gasteiger partial charge >= 0.3 is 0 Å². The number of aryl methyl sites for hydroxylation is 1. The third-order valence-corrected chi connectivity index (χ3v) is 5.87. The second kappa shape index (κ2) is 8.33. The number of benzene rings is 1. The Morgan fingerprint density at radius 1 is 1.31 bits per heavy atom. The van der Waals surface area contributed by atoms with E-state index in [2.05, 4.69) is 10.5 Å². The molecule has 0 radical (unpaired) electrons. The van der Waals surface area contributed by atoms with Crippen molar-refractivity contribution in [2.75, 3.05) is 17.7 Å². The van der Waals surface area contributed by atoms with Crippen molar-refractivity contribution < 1.29 is 17.9 Å². The van der Waals surface area contributed by atoms with Crippen LogP contribution in [0.1, 0.15) is 17.4 Å². The number of ether oxygens (including phenoxy) is 1. The molecule has 0 spiro atoms. The molecule has 0 fully saturated rings. The van der Waals surface area contributed by atoms with E-state index in [9.17, 15) is 13.2 Å². The molecule has 140 valence electrons. The fraction of sp³-hybridized carbons (Fsp3) is 0.294. The van der Waals surface area contributed by atoms with Crippen LogP contribution in [0.25, 0.3) is 0 Å². The summed E-state index contributed by atoms with van der Waals surface area (Å²) >= 11 is 1.50. The van der Waals surface area contributed by atoms with Crippen molar-refractivity contribution in [3.63, 3.8) is 0 Å². The molecule has 0 saturated carbocycles. The molecule has 9 heteroatoms. The second-order valence-electron chi connectivity index (χ2n) is 5.63. The van der Waals surface area contributed by atoms with Crippen LogP contribution < -0.4 is 14.5 Å². The van der Waals surface area contributed by atoms with E-state index in [0.717, 1.165) is 21.0 Å². The van der Waals surface area contributed by atoms with Gasteiger partial charge in [-0.25, -0.2) is 13.8 Å². The second-order valence-corrected chi connectivity index (χ2v) is 8.44. The number of thiophene rings is 1. The first kappa shape index (κ1) is 19.9. The monoisotopic (exact) mass is 395 g/mol. The van der Waals surface area contributed by atoms with Gasteiger partial charge in [-0.1, -0.05) is 0 Å². The van der Waals surface area contributed by atoms with Gasteiger partial charge in [-0.15, -0.1) is 11.3 Å². The molecule has 0 bridgehead atoms. The molecule has 0 unspecified atom stereocenters. The number of anilines is 1. The summed E-state index contributed by atoms with van der Waals surface area (Å²) in [6, 6.07) is 7.42. The molecule has 1 N–H and O–H groups in total. The third kappa shape index (κ3) is 4.83. The van der Waals surface area contributed by atoms with Gasteiger partial charge < -0.3 is 4.74 Å². The van der Waals surface area contributed by atoms with E-state index in [4.69, 9.17) is 4.74 Å². The molecule has 1 heterocycles. The minimum atomic E-state index is -3.67. The van der Waals surface area contributed by atoms with Crippen LogP contribution in [-0.2, 0) is 14.8 Å². The minimum Gasteiger partial charge on any atom is -0.497 e. The van der Waals surface area contributed by atoms with Gasteiger partial charge in [0.15, 0.2) is 0 Å². The summed E-state index contributed by atoms with van der Waals surface area (Å²) in [5, 5.41) is 5.85. The van der Waals surface area contributed by atoms with Crippen LogP contribution in [0.5, 0.6) is 5.75 Å². The van der Waals surface area contributed by atoms with E-state index in [1.165, 1.54) is 25.4 Å². The third-order valence-electron chi connectivity index (χ3n) is 3.67. The van der Waals surface area contributed by atoms with Crippen molar-refractivity contribution in [2.45, 2.75) is 19.9 Å². The lowest BCUT2D eigenvalue weighted by molar-refractivity contribution is -0.121. The van der Waals surface area contributed by atoms with Crippen LogP contribution in [0.15, 0.2) is 40.8 Å². The number of hydrogen-bond acceptors (Lipinski definition) is 6. The normalized spacial score (nSPS) is 12.8. The molecule has 1 aromatic carbocycles. The summed E-state index contributed by atoms with van der Waals surface area (Å²) in [6.45, 7) is 3.45. The fourth-order valence-corrected chi connectivity index (χ4v) is 4.26. The summed E-state index contributed by atoms with van der Waals surface area (Å²) in [4.78, 5) is 13.3. The highest BCUT2D eigenvalue weighted by Gasteiger charge is 2.29. The predicted octanol–water partition coefficient (Wildman–Crippen LogP) is 2.37. The van der Waals surface area contributed by atoms with Crippen LogP contribution in [0.4, 0.5) is 5.69 Å². The van der Waals surface area contributed by atoms with Crippen LogP contribution in [0, 0.1) is 6.92 Å². The van der Waals surface area contributed by atoms with E-state index in [1.54, 1.807) is 30.5 Å². The Bertz CT molecular complexity index is 889. The van der Waals surface area contributed by atoms with Crippen molar-refractivity contribution in [2.24, 2.45) is 5.10 Å². The number of carbonyl (C=O) groups excluding carboxylic acids is 1. The minimum absolute atomic E-state index is 0.369. The highest BCUT2D eigenvalue weighted by atomic mass is 32.2. The lowest BCUT2D eigenvalue weighted by Crippen LogP contribution is -2.46. The largest absolute Gasteiger partial charge is 0.497 e. The Morgan fingerprint density at radius 3 is 2.46 bits per heavy atom. The topological polar surface area (TPSA) is 88.1 Å². The van der Waals surface area contributed by atoms with E-state index >= 15 is 0 Å². The number of carbonyl (C=O) groups is 1. The molecule has 0 aliphatic heterocycles. The van der Waals surface area contributed by atoms with Crippen molar-refractivity contribution in [3.05, 3.63) is 46.2 Å². The Balaban J connectivity index is 2.17. The quantitative estimate of drug-likeness (QED) is 0.576. The Hall–Kier alpha value is -2.39. The Morgan fingerprint density at radius 2 is 1.96 bits per heavy atom. The summed E-state index contributed by atoms with van der Waals surface area (Å²) in [6.07, 6.45) is 2.60. The molecular formula is C17H21N3O4S2. The lowest BCUT2D eigenvalue weighted by Gasteiger charge is -2.27. The molecule has 0 saturated heterocycles. The molecule has 1 atom stereocenters. The fourth-order valence-electron chi connectivity index (χ4n) is 2.30. The van der Waals surface area contributed by atoms with Gasteiger partial charge in [0.2, 0.25) is 10.0 Å². The number of rotatable bonds is 7. The predicted molar refractivity (Wildman–Crippen MR) is 105 cm³/mol. The maximum absolute atomic E-state index is 12.4. The van der Waals surface area contributed by atoms with Crippen molar-refractivity contribution in [1.82, 2.24) is 5.43 Å². The summed E-state index contributed by atoms with van der Waals surface area (Å²) in [5.74, 6) is 0.0620. The standard InChI is InChI=1S/C17H21N3O4S2/c1-12-9-10-25-16(12)11-18-19-17(21)13(2)20(26(4,22)23)14-5-7-15(24-3)8-6-14/h5-11,13H,1-4H3,(H,19,21)/b18-11-/t13-/m1/s1. The van der Waals surface area contributed by atoms with Gasteiger partial charge in [0, 0.05) is 4.88 Å². The van der Waals surface area contributed by atoms with E-state index in [-0.39, 0.29) is 0 Å². The van der Waals surface area contributed by atoms with E-state index in [1.807, 2.05) is 18.4 Å². The zero-order valence-electron chi connectivity index (χ0n) is 15.0. The summed E-state index contributed by atoms with van der Waals surface area (Å²) in [7, 11) is -2.15. The van der Waals surface area contributed by atoms with Crippen molar-refractivity contribution >= 4 is 39.2 Å². The number of nitrogens with zero attached hydrogens (tertiary/aromatic N) is 2. The highest BCUT2D eigenvalue weighted by Crippen LogP contribution is 2.23. The number of hydrogen-bond donors (Lipinski definition) is 1. The summed E-state index contributed by atoms with van der Waals surface area (Å²) < 4.78 is 30.6. The molecular weight excluding hydrogens is 374 g/mol. The summed E-state index contributed by atoms with van der Waals surface area (Å²) in [5.41, 5.74) is 3.82. The first-order valence-electron chi connectivity index (χ1n) is 7.74. The highest BCUT2D eigenvalue weighted by molar-refractivity contribution is 7.92. The first-order chi connectivity index (χ1) is 12.2. The van der Waals surface area contributed by atoms with Gasteiger partial charge in [0.05, 0.1) is 25.3 Å².